The van der Waals surface area contributed by atoms with Crippen molar-refractivity contribution in [3.63, 3.8) is 0 Å². The van der Waals surface area contributed by atoms with Crippen LogP contribution in [0.4, 0.5) is 0 Å². The first kappa shape index (κ1) is 10.5. The van der Waals surface area contributed by atoms with Crippen LogP contribution < -0.4 is 0 Å². The molecule has 1 saturated heterocycles. The molecule has 86 valence electrons. The summed E-state index contributed by atoms with van der Waals surface area (Å²) in [5.41, 5.74) is 2.69. The first-order valence-corrected chi connectivity index (χ1v) is 6.15. The molecular formula is C16H16O. The van der Waals surface area contributed by atoms with Crippen molar-refractivity contribution < 1.29 is 4.74 Å². The van der Waals surface area contributed by atoms with E-state index in [-0.39, 0.29) is 6.10 Å². The van der Waals surface area contributed by atoms with Crippen LogP contribution >= 0.6 is 0 Å². The molecular weight excluding hydrogens is 208 g/mol. The molecule has 2 atom stereocenters. The summed E-state index contributed by atoms with van der Waals surface area (Å²) in [5.74, 6) is 0.543. The van der Waals surface area contributed by atoms with E-state index in [2.05, 4.69) is 54.6 Å². The number of ether oxygens (including phenoxy) is 1. The number of hydrogen-bond donors (Lipinski definition) is 0. The molecule has 1 fully saturated rings. The lowest BCUT2D eigenvalue weighted by Gasteiger charge is -2.09. The van der Waals surface area contributed by atoms with Crippen LogP contribution in [0.25, 0.3) is 0 Å². The zero-order chi connectivity index (χ0) is 11.5. The van der Waals surface area contributed by atoms with Crippen molar-refractivity contribution in [2.24, 2.45) is 0 Å². The largest absolute Gasteiger partial charge is 0.373 e. The minimum atomic E-state index is 0.265. The molecule has 0 N–H and O–H groups in total. The van der Waals surface area contributed by atoms with Crippen LogP contribution in [0.1, 0.15) is 29.6 Å². The van der Waals surface area contributed by atoms with Gasteiger partial charge in [-0.3, -0.25) is 0 Å². The summed E-state index contributed by atoms with van der Waals surface area (Å²) >= 11 is 0. The fraction of sp³-hybridized carbons (Fsp3) is 0.250. The van der Waals surface area contributed by atoms with Gasteiger partial charge in [0.25, 0.3) is 0 Å². The van der Waals surface area contributed by atoms with E-state index in [9.17, 15) is 0 Å². The Hall–Kier alpha value is -1.60. The van der Waals surface area contributed by atoms with Gasteiger partial charge >= 0.3 is 0 Å². The van der Waals surface area contributed by atoms with Gasteiger partial charge in [0.1, 0.15) is 0 Å². The van der Waals surface area contributed by atoms with Gasteiger partial charge in [0.15, 0.2) is 0 Å². The topological polar surface area (TPSA) is 9.23 Å². The molecule has 1 nitrogen and oxygen atoms in total. The Morgan fingerprint density at radius 2 is 1.35 bits per heavy atom. The van der Waals surface area contributed by atoms with Gasteiger partial charge in [-0.15, -0.1) is 0 Å². The molecule has 2 aromatic carbocycles. The van der Waals surface area contributed by atoms with Gasteiger partial charge in [-0.25, -0.2) is 0 Å². The summed E-state index contributed by atoms with van der Waals surface area (Å²) < 4.78 is 5.91. The second-order valence-electron chi connectivity index (χ2n) is 4.58. The lowest BCUT2D eigenvalue weighted by molar-refractivity contribution is 0.110. The third-order valence-electron chi connectivity index (χ3n) is 3.44. The van der Waals surface area contributed by atoms with Crippen LogP contribution in [0.5, 0.6) is 0 Å². The fourth-order valence-electron chi connectivity index (χ4n) is 2.48. The maximum Gasteiger partial charge on any atom is 0.0831 e. The van der Waals surface area contributed by atoms with Crippen LogP contribution in [0.15, 0.2) is 60.7 Å². The van der Waals surface area contributed by atoms with E-state index in [0.717, 1.165) is 13.0 Å². The summed E-state index contributed by atoms with van der Waals surface area (Å²) in [4.78, 5) is 0. The van der Waals surface area contributed by atoms with Crippen molar-refractivity contribution in [3.8, 4) is 0 Å². The minimum Gasteiger partial charge on any atom is -0.373 e. The van der Waals surface area contributed by atoms with Crippen molar-refractivity contribution in [1.82, 2.24) is 0 Å². The summed E-state index contributed by atoms with van der Waals surface area (Å²) in [6.45, 7) is 0.837. The van der Waals surface area contributed by atoms with Gasteiger partial charge < -0.3 is 4.74 Å². The van der Waals surface area contributed by atoms with E-state index in [1.165, 1.54) is 11.1 Å². The Bertz CT molecular complexity index is 418. The third-order valence-corrected chi connectivity index (χ3v) is 3.44. The first-order valence-electron chi connectivity index (χ1n) is 6.15. The Labute approximate surface area is 102 Å². The summed E-state index contributed by atoms with van der Waals surface area (Å²) in [5, 5.41) is 0. The van der Waals surface area contributed by atoms with Crippen molar-refractivity contribution in [2.45, 2.75) is 18.4 Å². The summed E-state index contributed by atoms with van der Waals surface area (Å²) in [7, 11) is 0. The SMILES string of the molecule is c1ccc([C@H]2CO[C@H](c3ccccc3)C2)cc1. The first-order chi connectivity index (χ1) is 8.43. The fourth-order valence-corrected chi connectivity index (χ4v) is 2.48. The van der Waals surface area contributed by atoms with E-state index < -0.39 is 0 Å². The summed E-state index contributed by atoms with van der Waals surface area (Å²) in [6.07, 6.45) is 1.36. The van der Waals surface area contributed by atoms with Gasteiger partial charge in [-0.05, 0) is 17.5 Å². The molecule has 17 heavy (non-hydrogen) atoms. The normalized spacial score (nSPS) is 23.8. The van der Waals surface area contributed by atoms with Crippen molar-refractivity contribution >= 4 is 0 Å². The van der Waals surface area contributed by atoms with Gasteiger partial charge in [-0.2, -0.15) is 0 Å². The van der Waals surface area contributed by atoms with E-state index >= 15 is 0 Å². The Morgan fingerprint density at radius 3 is 2.00 bits per heavy atom. The predicted molar refractivity (Wildman–Crippen MR) is 68.9 cm³/mol. The highest BCUT2D eigenvalue weighted by atomic mass is 16.5. The molecule has 2 aromatic rings. The smallest absolute Gasteiger partial charge is 0.0831 e. The van der Waals surface area contributed by atoms with E-state index in [4.69, 9.17) is 4.74 Å². The van der Waals surface area contributed by atoms with Crippen LogP contribution in [0.3, 0.4) is 0 Å². The lowest BCUT2D eigenvalue weighted by atomic mass is 9.94. The molecule has 1 aliphatic heterocycles. The quantitative estimate of drug-likeness (QED) is 0.751. The Balaban J connectivity index is 1.75. The molecule has 0 bridgehead atoms. The Kier molecular flexibility index (Phi) is 2.93. The zero-order valence-corrected chi connectivity index (χ0v) is 9.75. The molecule has 1 heteroatoms. The molecule has 0 amide bonds. The predicted octanol–water partition coefficient (Wildman–Crippen LogP) is 3.93. The molecule has 0 aromatic heterocycles. The monoisotopic (exact) mass is 224 g/mol. The van der Waals surface area contributed by atoms with Gasteiger partial charge in [-0.1, -0.05) is 60.7 Å². The minimum absolute atomic E-state index is 0.265. The molecule has 1 aliphatic rings. The van der Waals surface area contributed by atoms with Gasteiger partial charge in [0, 0.05) is 5.92 Å². The average molecular weight is 224 g/mol. The molecule has 0 aliphatic carbocycles. The highest BCUT2D eigenvalue weighted by Crippen LogP contribution is 2.37. The molecule has 0 saturated carbocycles. The second kappa shape index (κ2) is 4.72. The van der Waals surface area contributed by atoms with Gasteiger partial charge in [0.05, 0.1) is 12.7 Å². The zero-order valence-electron chi connectivity index (χ0n) is 9.75. The molecule has 0 radical (unpaired) electrons. The van der Waals surface area contributed by atoms with E-state index in [1.54, 1.807) is 0 Å². The second-order valence-corrected chi connectivity index (χ2v) is 4.58. The van der Waals surface area contributed by atoms with Crippen molar-refractivity contribution in [1.29, 1.82) is 0 Å². The van der Waals surface area contributed by atoms with Crippen molar-refractivity contribution in [2.75, 3.05) is 6.61 Å². The van der Waals surface area contributed by atoms with Crippen LogP contribution in [0.2, 0.25) is 0 Å². The molecule has 3 rings (SSSR count). The maximum atomic E-state index is 5.91. The highest BCUT2D eigenvalue weighted by molar-refractivity contribution is 5.24. The van der Waals surface area contributed by atoms with Crippen LogP contribution in [0, 0.1) is 0 Å². The maximum absolute atomic E-state index is 5.91. The van der Waals surface area contributed by atoms with Crippen molar-refractivity contribution in [3.05, 3.63) is 71.8 Å². The van der Waals surface area contributed by atoms with E-state index in [1.807, 2.05) is 6.07 Å². The lowest BCUT2D eigenvalue weighted by Crippen LogP contribution is -1.96. The number of benzene rings is 2. The average Bonchev–Trinajstić information content (AvgIpc) is 2.90. The molecule has 0 spiro atoms. The number of rotatable bonds is 2. The molecule has 1 heterocycles. The Morgan fingerprint density at radius 1 is 0.765 bits per heavy atom. The van der Waals surface area contributed by atoms with Crippen LogP contribution in [-0.4, -0.2) is 6.61 Å². The van der Waals surface area contributed by atoms with Crippen LogP contribution in [-0.2, 0) is 4.74 Å². The highest BCUT2D eigenvalue weighted by Gasteiger charge is 2.27. The number of hydrogen-bond acceptors (Lipinski definition) is 1. The van der Waals surface area contributed by atoms with Gasteiger partial charge in [0.2, 0.25) is 0 Å². The molecule has 0 unspecified atom stereocenters. The van der Waals surface area contributed by atoms with E-state index in [0.29, 0.717) is 5.92 Å². The standard InChI is InChI=1S/C16H16O/c1-3-7-13(8-4-1)15-11-16(17-12-15)14-9-5-2-6-10-14/h1-10,15-16H,11-12H2/t15-,16+/m1/s1. The summed E-state index contributed by atoms with van der Waals surface area (Å²) in [6, 6.07) is 21.2. The third kappa shape index (κ3) is 2.25.